The zero-order chi connectivity index (χ0) is 19.6. The molecule has 0 unspecified atom stereocenters. The van der Waals surface area contributed by atoms with Crippen molar-refractivity contribution < 1.29 is 12.8 Å². The lowest BCUT2D eigenvalue weighted by molar-refractivity contribution is 0.555. The molecule has 10 nitrogen and oxygen atoms in total. The van der Waals surface area contributed by atoms with Gasteiger partial charge in [-0.15, -0.1) is 0 Å². The molecule has 0 bridgehead atoms. The number of aromatic nitrogens is 4. The van der Waals surface area contributed by atoms with Gasteiger partial charge >= 0.3 is 5.76 Å². The molecule has 0 aliphatic carbocycles. The lowest BCUT2D eigenvalue weighted by Gasteiger charge is -2.09. The highest BCUT2D eigenvalue weighted by Crippen LogP contribution is 2.16. The molecule has 0 saturated heterocycles. The maximum Gasteiger partial charge on any atom is 0.417 e. The van der Waals surface area contributed by atoms with Crippen molar-refractivity contribution in [1.29, 1.82) is 0 Å². The molecule has 3 heterocycles. The fourth-order valence-corrected chi connectivity index (χ4v) is 3.69. The van der Waals surface area contributed by atoms with Crippen molar-refractivity contribution >= 4 is 26.9 Å². The fourth-order valence-electron chi connectivity index (χ4n) is 2.63. The van der Waals surface area contributed by atoms with Gasteiger partial charge in [0.05, 0.1) is 10.4 Å². The molecule has 0 radical (unpaired) electrons. The Bertz CT molecular complexity index is 1260. The first-order valence-electron chi connectivity index (χ1n) is 8.33. The summed E-state index contributed by atoms with van der Waals surface area (Å²) in [5, 5.41) is 3.05. The Morgan fingerprint density at radius 3 is 2.75 bits per heavy atom. The average Bonchev–Trinajstić information content (AvgIpc) is 3.33. The molecule has 11 heteroatoms. The number of H-pyrrole nitrogens is 1. The third-order valence-electron chi connectivity index (χ3n) is 3.95. The first-order valence-corrected chi connectivity index (χ1v) is 9.81. The zero-order valence-corrected chi connectivity index (χ0v) is 15.3. The summed E-state index contributed by atoms with van der Waals surface area (Å²) in [7, 11) is -3.73. The minimum atomic E-state index is -3.73. The highest BCUT2D eigenvalue weighted by molar-refractivity contribution is 7.89. The van der Waals surface area contributed by atoms with Crippen molar-refractivity contribution in [3.8, 4) is 5.82 Å². The maximum atomic E-state index is 12.4. The fraction of sp³-hybridized carbons (Fsp3) is 0.118. The number of nitrogens with zero attached hydrogens (tertiary/aromatic N) is 3. The van der Waals surface area contributed by atoms with Gasteiger partial charge < -0.3 is 14.3 Å². The summed E-state index contributed by atoms with van der Waals surface area (Å²) in [6, 6.07) is 9.70. The molecular formula is C17H16N6O4S. The highest BCUT2D eigenvalue weighted by Gasteiger charge is 2.15. The number of aromatic amines is 1. The second kappa shape index (κ2) is 7.29. The van der Waals surface area contributed by atoms with Crippen LogP contribution in [0.25, 0.3) is 16.9 Å². The minimum absolute atomic E-state index is 0.0361. The molecule has 0 saturated carbocycles. The molecule has 0 aliphatic rings. The van der Waals surface area contributed by atoms with Crippen molar-refractivity contribution in [2.24, 2.45) is 0 Å². The number of oxazole rings is 1. The van der Waals surface area contributed by atoms with E-state index in [0.717, 1.165) is 0 Å². The third-order valence-corrected chi connectivity index (χ3v) is 5.40. The summed E-state index contributed by atoms with van der Waals surface area (Å²) in [6.07, 6.45) is 5.16. The van der Waals surface area contributed by atoms with Gasteiger partial charge in [0.2, 0.25) is 10.0 Å². The van der Waals surface area contributed by atoms with Crippen LogP contribution < -0.4 is 15.8 Å². The zero-order valence-electron chi connectivity index (χ0n) is 14.5. The summed E-state index contributed by atoms with van der Waals surface area (Å²) in [5.41, 5.74) is 0.623. The molecule has 0 amide bonds. The van der Waals surface area contributed by atoms with E-state index in [1.54, 1.807) is 6.07 Å². The van der Waals surface area contributed by atoms with E-state index in [2.05, 4.69) is 25.0 Å². The molecule has 3 N–H and O–H groups in total. The second-order valence-electron chi connectivity index (χ2n) is 5.85. The Labute approximate surface area is 159 Å². The Balaban J connectivity index is 1.37. The third kappa shape index (κ3) is 3.80. The van der Waals surface area contributed by atoms with Gasteiger partial charge in [0.1, 0.15) is 18.0 Å². The van der Waals surface area contributed by atoms with Crippen LogP contribution >= 0.6 is 0 Å². The Kier molecular flexibility index (Phi) is 4.67. The van der Waals surface area contributed by atoms with Crippen molar-refractivity contribution in [2.45, 2.75) is 4.90 Å². The van der Waals surface area contributed by atoms with Crippen LogP contribution in [0.5, 0.6) is 0 Å². The normalized spacial score (nSPS) is 11.7. The molecule has 144 valence electrons. The van der Waals surface area contributed by atoms with Gasteiger partial charge in [0, 0.05) is 31.5 Å². The summed E-state index contributed by atoms with van der Waals surface area (Å²) in [4.78, 5) is 22.0. The van der Waals surface area contributed by atoms with Gasteiger partial charge in [-0.1, -0.05) is 0 Å². The second-order valence-corrected chi connectivity index (χ2v) is 7.62. The van der Waals surface area contributed by atoms with Crippen LogP contribution in [0.2, 0.25) is 0 Å². The van der Waals surface area contributed by atoms with Crippen molar-refractivity contribution in [2.75, 3.05) is 18.4 Å². The molecule has 4 aromatic rings. The number of nitrogens with one attached hydrogen (secondary N) is 3. The van der Waals surface area contributed by atoms with E-state index >= 15 is 0 Å². The molecule has 4 rings (SSSR count). The monoisotopic (exact) mass is 400 g/mol. The Morgan fingerprint density at radius 2 is 1.93 bits per heavy atom. The molecule has 3 aromatic heterocycles. The molecule has 0 fully saturated rings. The SMILES string of the molecule is O=c1[nH]c2cc(S(=O)(=O)NCCNc3cc(-n4cccc4)ncn3)ccc2o1. The minimum Gasteiger partial charge on any atom is -0.408 e. The van der Waals surface area contributed by atoms with E-state index in [-0.39, 0.29) is 11.4 Å². The number of rotatable bonds is 7. The van der Waals surface area contributed by atoms with E-state index in [1.165, 1.54) is 24.5 Å². The molecule has 0 spiro atoms. The molecule has 0 aliphatic heterocycles. The van der Waals surface area contributed by atoms with Gasteiger partial charge in [-0.2, -0.15) is 0 Å². The molecule has 0 atom stereocenters. The van der Waals surface area contributed by atoms with Crippen LogP contribution in [0.3, 0.4) is 0 Å². The van der Waals surface area contributed by atoms with Gasteiger partial charge in [0.25, 0.3) is 0 Å². The number of sulfonamides is 1. The number of hydrogen-bond donors (Lipinski definition) is 3. The summed E-state index contributed by atoms with van der Waals surface area (Å²) < 4.78 is 34.0. The highest BCUT2D eigenvalue weighted by atomic mass is 32.2. The van der Waals surface area contributed by atoms with Gasteiger partial charge in [0.15, 0.2) is 5.58 Å². The lowest BCUT2D eigenvalue weighted by atomic mass is 10.3. The average molecular weight is 400 g/mol. The summed E-state index contributed by atoms with van der Waals surface area (Å²) >= 11 is 0. The summed E-state index contributed by atoms with van der Waals surface area (Å²) in [5.74, 6) is 0.645. The number of hydrogen-bond acceptors (Lipinski definition) is 7. The number of fused-ring (bicyclic) bond motifs is 1. The largest absolute Gasteiger partial charge is 0.417 e. The van der Waals surface area contributed by atoms with E-state index < -0.39 is 15.8 Å². The van der Waals surface area contributed by atoms with Gasteiger partial charge in [-0.05, 0) is 30.3 Å². The predicted molar refractivity (Wildman–Crippen MR) is 102 cm³/mol. The summed E-state index contributed by atoms with van der Waals surface area (Å²) in [6.45, 7) is 0.470. The quantitative estimate of drug-likeness (QED) is 0.395. The lowest BCUT2D eigenvalue weighted by Crippen LogP contribution is -2.29. The molecule has 1 aromatic carbocycles. The number of anilines is 1. The van der Waals surface area contributed by atoms with E-state index in [1.807, 2.05) is 29.1 Å². The molecule has 28 heavy (non-hydrogen) atoms. The van der Waals surface area contributed by atoms with Crippen molar-refractivity contribution in [3.63, 3.8) is 0 Å². The van der Waals surface area contributed by atoms with Gasteiger partial charge in [-0.3, -0.25) is 4.98 Å². The van der Waals surface area contributed by atoms with Crippen LogP contribution in [0.1, 0.15) is 0 Å². The Hall–Kier alpha value is -3.44. The first kappa shape index (κ1) is 17.9. The standard InChI is InChI=1S/C17H16N6O4S/c24-17-22-13-9-12(3-4-14(13)27-17)28(25,26)21-6-5-18-15-10-16(20-11-19-15)23-7-1-2-8-23/h1-4,7-11,21H,5-6H2,(H,22,24)(H,18,19,20). The maximum absolute atomic E-state index is 12.4. The van der Waals surface area contributed by atoms with Crippen molar-refractivity contribution in [3.05, 3.63) is 65.7 Å². The smallest absolute Gasteiger partial charge is 0.408 e. The predicted octanol–water partition coefficient (Wildman–Crippen LogP) is 1.09. The van der Waals surface area contributed by atoms with Gasteiger partial charge in [-0.25, -0.2) is 27.9 Å². The van der Waals surface area contributed by atoms with E-state index in [0.29, 0.717) is 29.3 Å². The van der Waals surface area contributed by atoms with E-state index in [4.69, 9.17) is 4.42 Å². The Morgan fingerprint density at radius 1 is 1.11 bits per heavy atom. The van der Waals surface area contributed by atoms with Crippen molar-refractivity contribution in [1.82, 2.24) is 24.2 Å². The topological polar surface area (TPSA) is 135 Å². The first-order chi connectivity index (χ1) is 13.5. The van der Waals surface area contributed by atoms with Crippen LogP contribution in [0, 0.1) is 0 Å². The number of benzene rings is 1. The molecular weight excluding hydrogens is 384 g/mol. The van der Waals surface area contributed by atoms with E-state index in [9.17, 15) is 13.2 Å². The van der Waals surface area contributed by atoms with Crippen LogP contribution in [-0.4, -0.2) is 41.0 Å². The van der Waals surface area contributed by atoms with Crippen LogP contribution in [-0.2, 0) is 10.0 Å². The van der Waals surface area contributed by atoms with Crippen LogP contribution in [0.15, 0.2) is 69.2 Å². The van der Waals surface area contributed by atoms with Crippen LogP contribution in [0.4, 0.5) is 5.82 Å².